The van der Waals surface area contributed by atoms with E-state index in [1.165, 1.54) is 33.8 Å². The van der Waals surface area contributed by atoms with Crippen molar-refractivity contribution < 1.29 is 4.79 Å². The van der Waals surface area contributed by atoms with E-state index in [1.807, 2.05) is 25.2 Å². The third kappa shape index (κ3) is 3.76. The van der Waals surface area contributed by atoms with Gasteiger partial charge in [0.25, 0.3) is 0 Å². The van der Waals surface area contributed by atoms with Crippen molar-refractivity contribution in [2.24, 2.45) is 4.99 Å². The maximum atomic E-state index is 12.6. The fraction of sp³-hybridized carbons (Fsp3) is 0.217. The van der Waals surface area contributed by atoms with Gasteiger partial charge in [0.05, 0.1) is 17.1 Å². The molecule has 0 spiro atoms. The second-order valence-corrected chi connectivity index (χ2v) is 8.16. The molecule has 1 N–H and O–H groups in total. The van der Waals surface area contributed by atoms with E-state index in [1.54, 1.807) is 4.90 Å². The molecule has 1 aliphatic heterocycles. The quantitative estimate of drug-likeness (QED) is 0.662. The number of rotatable bonds is 4. The minimum absolute atomic E-state index is 0.0894. The van der Waals surface area contributed by atoms with Gasteiger partial charge in [0.1, 0.15) is 0 Å². The predicted octanol–water partition coefficient (Wildman–Crippen LogP) is 5.26. The summed E-state index contributed by atoms with van der Waals surface area (Å²) in [7, 11) is 1.86. The molecule has 0 fully saturated rings. The average molecular weight is 390 g/mol. The third-order valence-corrected chi connectivity index (χ3v) is 5.87. The van der Waals surface area contributed by atoms with Crippen molar-refractivity contribution in [3.8, 4) is 0 Å². The van der Waals surface area contributed by atoms with E-state index >= 15 is 0 Å². The van der Waals surface area contributed by atoms with Crippen molar-refractivity contribution in [2.45, 2.75) is 20.4 Å². The molecule has 1 heterocycles. The van der Waals surface area contributed by atoms with Crippen LogP contribution in [0.1, 0.15) is 16.7 Å². The number of benzene rings is 3. The number of amidine groups is 1. The molecule has 1 amide bonds. The third-order valence-electron chi connectivity index (χ3n) is 5.01. The van der Waals surface area contributed by atoms with E-state index in [9.17, 15) is 4.79 Å². The second kappa shape index (κ2) is 7.68. The number of aryl methyl sites for hydroxylation is 2. The van der Waals surface area contributed by atoms with Crippen LogP contribution in [-0.2, 0) is 11.3 Å². The van der Waals surface area contributed by atoms with Crippen LogP contribution in [0.3, 0.4) is 0 Å². The number of hydrogen-bond donors (Lipinski definition) is 1. The van der Waals surface area contributed by atoms with E-state index in [2.05, 4.69) is 55.6 Å². The van der Waals surface area contributed by atoms with Crippen LogP contribution < -0.4 is 5.32 Å². The number of nitrogens with one attached hydrogen (secondary N) is 1. The fourth-order valence-corrected chi connectivity index (χ4v) is 4.27. The SMILES string of the molecule is Cc1ccc(CN(C)C(=O)CSC2=Nc3cccc4cccc(c34)N2)c(C)c1. The number of amides is 1. The molecule has 28 heavy (non-hydrogen) atoms. The lowest BCUT2D eigenvalue weighted by molar-refractivity contribution is -0.127. The maximum absolute atomic E-state index is 12.6. The van der Waals surface area contributed by atoms with Crippen LogP contribution in [0, 0.1) is 13.8 Å². The van der Waals surface area contributed by atoms with Gasteiger partial charge in [0.2, 0.25) is 5.91 Å². The normalized spacial score (nSPS) is 12.5. The molecule has 0 unspecified atom stereocenters. The topological polar surface area (TPSA) is 44.7 Å². The first-order valence-electron chi connectivity index (χ1n) is 9.31. The zero-order valence-corrected chi connectivity index (χ0v) is 17.1. The van der Waals surface area contributed by atoms with Crippen LogP contribution in [0.15, 0.2) is 59.6 Å². The van der Waals surface area contributed by atoms with E-state index in [0.717, 1.165) is 21.9 Å². The summed E-state index contributed by atoms with van der Waals surface area (Å²) in [6.07, 6.45) is 0. The van der Waals surface area contributed by atoms with E-state index in [4.69, 9.17) is 4.99 Å². The molecule has 0 radical (unpaired) electrons. The number of hydrogen-bond acceptors (Lipinski definition) is 4. The highest BCUT2D eigenvalue weighted by Crippen LogP contribution is 2.36. The highest BCUT2D eigenvalue weighted by molar-refractivity contribution is 8.14. The highest BCUT2D eigenvalue weighted by Gasteiger charge is 2.17. The zero-order valence-electron chi connectivity index (χ0n) is 16.3. The van der Waals surface area contributed by atoms with Gasteiger partial charge in [-0.15, -0.1) is 0 Å². The summed E-state index contributed by atoms with van der Waals surface area (Å²) in [6.45, 7) is 4.79. The van der Waals surface area contributed by atoms with Gasteiger partial charge in [-0.3, -0.25) is 4.79 Å². The Morgan fingerprint density at radius 1 is 1.11 bits per heavy atom. The number of thioether (sulfide) groups is 1. The molecule has 3 aromatic carbocycles. The monoisotopic (exact) mass is 389 g/mol. The lowest BCUT2D eigenvalue weighted by Gasteiger charge is -2.21. The van der Waals surface area contributed by atoms with Gasteiger partial charge >= 0.3 is 0 Å². The largest absolute Gasteiger partial charge is 0.341 e. The van der Waals surface area contributed by atoms with Crippen molar-refractivity contribution in [1.82, 2.24) is 4.90 Å². The summed E-state index contributed by atoms with van der Waals surface area (Å²) < 4.78 is 0. The lowest BCUT2D eigenvalue weighted by atomic mass is 10.1. The summed E-state index contributed by atoms with van der Waals surface area (Å²) in [5, 5.41) is 6.42. The van der Waals surface area contributed by atoms with Crippen LogP contribution in [0.25, 0.3) is 10.8 Å². The Labute approximate surface area is 169 Å². The van der Waals surface area contributed by atoms with Gasteiger partial charge in [0.15, 0.2) is 5.17 Å². The Bertz CT molecular complexity index is 1090. The Morgan fingerprint density at radius 2 is 1.89 bits per heavy atom. The van der Waals surface area contributed by atoms with Gasteiger partial charge < -0.3 is 10.2 Å². The number of carbonyl (C=O) groups is 1. The first-order valence-corrected chi connectivity index (χ1v) is 10.3. The van der Waals surface area contributed by atoms with Crippen LogP contribution in [0.4, 0.5) is 11.4 Å². The summed E-state index contributed by atoms with van der Waals surface area (Å²) in [5.41, 5.74) is 5.63. The van der Waals surface area contributed by atoms with Crippen LogP contribution in [-0.4, -0.2) is 28.8 Å². The summed E-state index contributed by atoms with van der Waals surface area (Å²) in [5.74, 6) is 0.442. The van der Waals surface area contributed by atoms with Gasteiger partial charge in [0, 0.05) is 19.0 Å². The molecule has 0 saturated heterocycles. The smallest absolute Gasteiger partial charge is 0.233 e. The van der Waals surface area contributed by atoms with E-state index in [0.29, 0.717) is 12.3 Å². The molecule has 142 valence electrons. The van der Waals surface area contributed by atoms with Crippen molar-refractivity contribution in [2.75, 3.05) is 18.1 Å². The highest BCUT2D eigenvalue weighted by atomic mass is 32.2. The molecule has 5 heteroatoms. The van der Waals surface area contributed by atoms with Crippen LogP contribution in [0.2, 0.25) is 0 Å². The number of anilines is 1. The molecule has 0 aromatic heterocycles. The summed E-state index contributed by atoms with van der Waals surface area (Å²) >= 11 is 1.45. The number of carbonyl (C=O) groups excluding carboxylic acids is 1. The number of nitrogens with zero attached hydrogens (tertiary/aromatic N) is 2. The van der Waals surface area contributed by atoms with Gasteiger partial charge in [-0.25, -0.2) is 4.99 Å². The molecule has 3 aromatic rings. The van der Waals surface area contributed by atoms with Crippen molar-refractivity contribution in [3.63, 3.8) is 0 Å². The predicted molar refractivity (Wildman–Crippen MR) is 120 cm³/mol. The van der Waals surface area contributed by atoms with Crippen LogP contribution >= 0.6 is 11.8 Å². The summed E-state index contributed by atoms with van der Waals surface area (Å²) in [4.78, 5) is 19.1. The molecule has 0 atom stereocenters. The van der Waals surface area contributed by atoms with Gasteiger partial charge in [-0.1, -0.05) is 59.8 Å². The van der Waals surface area contributed by atoms with Crippen LogP contribution in [0.5, 0.6) is 0 Å². The zero-order chi connectivity index (χ0) is 19.7. The molecule has 0 bridgehead atoms. The molecule has 4 nitrogen and oxygen atoms in total. The molecule has 4 rings (SSSR count). The second-order valence-electron chi connectivity index (χ2n) is 7.19. The van der Waals surface area contributed by atoms with E-state index in [-0.39, 0.29) is 5.91 Å². The molecule has 0 saturated carbocycles. The Balaban J connectivity index is 1.42. The van der Waals surface area contributed by atoms with Crippen molar-refractivity contribution >= 4 is 45.0 Å². The Hall–Kier alpha value is -2.79. The lowest BCUT2D eigenvalue weighted by Crippen LogP contribution is -2.29. The Kier molecular flexibility index (Phi) is 5.09. The van der Waals surface area contributed by atoms with Gasteiger partial charge in [-0.05, 0) is 42.5 Å². The van der Waals surface area contributed by atoms with Crippen molar-refractivity contribution in [1.29, 1.82) is 0 Å². The standard InChI is InChI=1S/C23H23N3OS/c1-15-10-11-18(16(2)12-15)13-26(3)21(27)14-28-23-24-19-8-4-6-17-7-5-9-20(25-23)22(17)19/h4-12H,13-14H2,1-3H3,(H,24,25). The molecule has 0 aliphatic carbocycles. The number of aliphatic imine (C=N–C) groups is 1. The molecular weight excluding hydrogens is 366 g/mol. The minimum atomic E-state index is 0.0894. The first kappa shape index (κ1) is 18.6. The summed E-state index contributed by atoms with van der Waals surface area (Å²) in [6, 6.07) is 18.6. The molecule has 1 aliphatic rings. The minimum Gasteiger partial charge on any atom is -0.341 e. The van der Waals surface area contributed by atoms with E-state index < -0.39 is 0 Å². The van der Waals surface area contributed by atoms with Crippen molar-refractivity contribution in [3.05, 3.63) is 71.3 Å². The maximum Gasteiger partial charge on any atom is 0.233 e. The molecular formula is C23H23N3OS. The Morgan fingerprint density at radius 3 is 2.68 bits per heavy atom. The fourth-order valence-electron chi connectivity index (χ4n) is 3.45. The first-order chi connectivity index (χ1) is 13.5. The van der Waals surface area contributed by atoms with Gasteiger partial charge in [-0.2, -0.15) is 0 Å². The average Bonchev–Trinajstić information content (AvgIpc) is 2.68.